The number of piperidine rings is 1. The molecule has 1 heterocycles. The Labute approximate surface area is 185 Å². The second kappa shape index (κ2) is 10.1. The maximum atomic E-state index is 4.44. The van der Waals surface area contributed by atoms with Crippen molar-refractivity contribution in [3.8, 4) is 0 Å². The van der Waals surface area contributed by atoms with Crippen molar-refractivity contribution in [2.45, 2.75) is 31.2 Å². The first-order valence-corrected chi connectivity index (χ1v) is 10.2. The lowest BCUT2D eigenvalue weighted by atomic mass is 10.0. The average molecular weight is 490 g/mol. The van der Waals surface area contributed by atoms with Crippen LogP contribution in [0.15, 0.2) is 65.7 Å². The van der Waals surface area contributed by atoms with Gasteiger partial charge in [-0.15, -0.1) is 24.0 Å². The van der Waals surface area contributed by atoms with Gasteiger partial charge in [-0.3, -0.25) is 4.99 Å². The molecule has 0 spiro atoms. The number of aliphatic imine (C=N–C) groups is 1. The first kappa shape index (κ1) is 21.0. The molecule has 0 bridgehead atoms. The Balaban J connectivity index is 0.00000225. The molecule has 4 nitrogen and oxygen atoms in total. The fraction of sp³-hybridized carbons (Fsp3) is 0.435. The molecule has 2 aliphatic rings. The normalized spacial score (nSPS) is 22.3. The van der Waals surface area contributed by atoms with Gasteiger partial charge in [0.05, 0.1) is 0 Å². The number of para-hydroxylation sites is 1. The van der Waals surface area contributed by atoms with Crippen LogP contribution in [0.2, 0.25) is 0 Å². The Bertz CT molecular complexity index is 742. The topological polar surface area (TPSA) is 39.7 Å². The highest BCUT2D eigenvalue weighted by atomic mass is 127. The van der Waals surface area contributed by atoms with Crippen LogP contribution in [0.1, 0.15) is 30.7 Å². The van der Waals surface area contributed by atoms with E-state index in [0.29, 0.717) is 12.0 Å². The summed E-state index contributed by atoms with van der Waals surface area (Å²) in [6.45, 7) is 3.19. The van der Waals surface area contributed by atoms with Gasteiger partial charge in [-0.05, 0) is 48.8 Å². The average Bonchev–Trinajstić information content (AvgIpc) is 3.52. The van der Waals surface area contributed by atoms with E-state index >= 15 is 0 Å². The lowest BCUT2D eigenvalue weighted by Crippen LogP contribution is -2.49. The van der Waals surface area contributed by atoms with Gasteiger partial charge < -0.3 is 15.5 Å². The van der Waals surface area contributed by atoms with Crippen molar-refractivity contribution in [3.63, 3.8) is 0 Å². The zero-order chi connectivity index (χ0) is 18.5. The highest BCUT2D eigenvalue weighted by molar-refractivity contribution is 14.0. The zero-order valence-corrected chi connectivity index (χ0v) is 18.9. The zero-order valence-electron chi connectivity index (χ0n) is 16.6. The Morgan fingerprint density at radius 1 is 1.00 bits per heavy atom. The maximum absolute atomic E-state index is 4.44. The van der Waals surface area contributed by atoms with Crippen molar-refractivity contribution in [2.75, 3.05) is 31.6 Å². The summed E-state index contributed by atoms with van der Waals surface area (Å²) in [6, 6.07) is 22.1. The summed E-state index contributed by atoms with van der Waals surface area (Å²) in [4.78, 5) is 6.91. The van der Waals surface area contributed by atoms with Gasteiger partial charge in [-0.2, -0.15) is 0 Å². The van der Waals surface area contributed by atoms with Gasteiger partial charge in [0.15, 0.2) is 5.96 Å². The Morgan fingerprint density at radius 2 is 1.64 bits per heavy atom. The predicted octanol–water partition coefficient (Wildman–Crippen LogP) is 4.24. The second-order valence-corrected chi connectivity index (χ2v) is 7.71. The summed E-state index contributed by atoms with van der Waals surface area (Å²) in [5, 5.41) is 7.17. The van der Waals surface area contributed by atoms with Gasteiger partial charge in [0, 0.05) is 38.4 Å². The molecule has 2 aromatic rings. The van der Waals surface area contributed by atoms with Crippen molar-refractivity contribution in [2.24, 2.45) is 10.9 Å². The van der Waals surface area contributed by atoms with Crippen molar-refractivity contribution < 1.29 is 0 Å². The molecular formula is C23H31IN4. The summed E-state index contributed by atoms with van der Waals surface area (Å²) in [6.07, 6.45) is 3.57. The maximum Gasteiger partial charge on any atom is 0.191 e. The van der Waals surface area contributed by atoms with Crippen molar-refractivity contribution in [1.29, 1.82) is 0 Å². The van der Waals surface area contributed by atoms with Crippen molar-refractivity contribution in [3.05, 3.63) is 66.2 Å². The Kier molecular flexibility index (Phi) is 7.59. The van der Waals surface area contributed by atoms with Gasteiger partial charge in [-0.25, -0.2) is 0 Å². The quantitative estimate of drug-likeness (QED) is 0.374. The van der Waals surface area contributed by atoms with Crippen LogP contribution in [0.3, 0.4) is 0 Å². The molecular weight excluding hydrogens is 459 g/mol. The van der Waals surface area contributed by atoms with Crippen LogP contribution < -0.4 is 15.5 Å². The van der Waals surface area contributed by atoms with E-state index < -0.39 is 0 Å². The number of guanidine groups is 1. The van der Waals surface area contributed by atoms with Crippen LogP contribution in [0.5, 0.6) is 0 Å². The van der Waals surface area contributed by atoms with E-state index in [1.807, 2.05) is 7.05 Å². The number of rotatable bonds is 5. The molecule has 1 saturated heterocycles. The van der Waals surface area contributed by atoms with Crippen LogP contribution in [0.4, 0.5) is 5.69 Å². The minimum absolute atomic E-state index is 0. The van der Waals surface area contributed by atoms with Gasteiger partial charge in [0.1, 0.15) is 0 Å². The van der Waals surface area contributed by atoms with E-state index in [0.717, 1.165) is 44.4 Å². The van der Waals surface area contributed by atoms with Gasteiger partial charge in [0.2, 0.25) is 0 Å². The molecule has 1 aliphatic carbocycles. The van der Waals surface area contributed by atoms with E-state index in [1.54, 1.807) is 0 Å². The summed E-state index contributed by atoms with van der Waals surface area (Å²) in [5.74, 6) is 2.39. The Morgan fingerprint density at radius 3 is 2.29 bits per heavy atom. The van der Waals surface area contributed by atoms with Gasteiger partial charge in [0.25, 0.3) is 0 Å². The van der Waals surface area contributed by atoms with Crippen LogP contribution in [-0.4, -0.2) is 38.7 Å². The molecule has 2 fully saturated rings. The SMILES string of the molecule is CN=C(NCC1CC1c1ccccc1)NC1CCN(c2ccccc2)CC1.I. The Hall–Kier alpha value is -1.76. The van der Waals surface area contributed by atoms with E-state index in [4.69, 9.17) is 0 Å². The molecule has 0 amide bonds. The summed E-state index contributed by atoms with van der Waals surface area (Å²) in [7, 11) is 1.87. The first-order valence-electron chi connectivity index (χ1n) is 10.2. The van der Waals surface area contributed by atoms with Crippen LogP contribution >= 0.6 is 24.0 Å². The third-order valence-electron chi connectivity index (χ3n) is 5.86. The molecule has 0 radical (unpaired) electrons. The number of halogens is 1. The molecule has 28 heavy (non-hydrogen) atoms. The summed E-state index contributed by atoms with van der Waals surface area (Å²) >= 11 is 0. The lowest BCUT2D eigenvalue weighted by molar-refractivity contribution is 0.461. The number of hydrogen-bond donors (Lipinski definition) is 2. The third-order valence-corrected chi connectivity index (χ3v) is 5.86. The fourth-order valence-electron chi connectivity index (χ4n) is 4.12. The van der Waals surface area contributed by atoms with Gasteiger partial charge in [-0.1, -0.05) is 48.5 Å². The molecule has 2 atom stereocenters. The molecule has 2 N–H and O–H groups in total. The minimum Gasteiger partial charge on any atom is -0.371 e. The molecule has 150 valence electrons. The largest absolute Gasteiger partial charge is 0.371 e. The van der Waals surface area contributed by atoms with Gasteiger partial charge >= 0.3 is 0 Å². The highest BCUT2D eigenvalue weighted by Crippen LogP contribution is 2.46. The standard InChI is InChI=1S/C23H30N4.HI/c1-24-23(25-17-19-16-22(19)18-8-4-2-5-9-18)26-20-12-14-27(15-13-20)21-10-6-3-7-11-21;/h2-11,19-20,22H,12-17H2,1H3,(H2,24,25,26);1H. The van der Waals surface area contributed by atoms with Crippen LogP contribution in [-0.2, 0) is 0 Å². The monoisotopic (exact) mass is 490 g/mol. The molecule has 5 heteroatoms. The van der Waals surface area contributed by atoms with E-state index in [9.17, 15) is 0 Å². The third kappa shape index (κ3) is 5.40. The number of anilines is 1. The molecule has 1 saturated carbocycles. The molecule has 0 aromatic heterocycles. The fourth-order valence-corrected chi connectivity index (χ4v) is 4.12. The minimum atomic E-state index is 0. The number of hydrogen-bond acceptors (Lipinski definition) is 2. The van der Waals surface area contributed by atoms with Crippen molar-refractivity contribution >= 4 is 35.6 Å². The van der Waals surface area contributed by atoms with Crippen LogP contribution in [0.25, 0.3) is 0 Å². The number of nitrogens with one attached hydrogen (secondary N) is 2. The first-order chi connectivity index (χ1) is 13.3. The van der Waals surface area contributed by atoms with E-state index in [-0.39, 0.29) is 24.0 Å². The summed E-state index contributed by atoms with van der Waals surface area (Å²) in [5.41, 5.74) is 2.81. The molecule has 2 unspecified atom stereocenters. The van der Waals surface area contributed by atoms with Crippen molar-refractivity contribution in [1.82, 2.24) is 10.6 Å². The molecule has 2 aromatic carbocycles. The second-order valence-electron chi connectivity index (χ2n) is 7.71. The number of benzene rings is 2. The van der Waals surface area contributed by atoms with E-state index in [2.05, 4.69) is 81.2 Å². The number of nitrogens with zero attached hydrogens (tertiary/aromatic N) is 2. The van der Waals surface area contributed by atoms with Crippen LogP contribution in [0, 0.1) is 5.92 Å². The predicted molar refractivity (Wildman–Crippen MR) is 129 cm³/mol. The molecule has 4 rings (SSSR count). The lowest BCUT2D eigenvalue weighted by Gasteiger charge is -2.34. The smallest absolute Gasteiger partial charge is 0.191 e. The molecule has 1 aliphatic heterocycles. The highest BCUT2D eigenvalue weighted by Gasteiger charge is 2.37. The van der Waals surface area contributed by atoms with E-state index in [1.165, 1.54) is 17.7 Å². The summed E-state index contributed by atoms with van der Waals surface area (Å²) < 4.78 is 0.